The Labute approximate surface area is 132 Å². The Hall–Kier alpha value is -1.15. The molecule has 1 N–H and O–H groups in total. The Bertz CT molecular complexity index is 583. The molecule has 7 heteroatoms. The van der Waals surface area contributed by atoms with Crippen molar-refractivity contribution >= 4 is 10.2 Å². The first kappa shape index (κ1) is 17.2. The molecule has 0 amide bonds. The topological polar surface area (TPSA) is 67.9 Å². The van der Waals surface area contributed by atoms with Gasteiger partial charge in [0.25, 0.3) is 10.2 Å². The summed E-state index contributed by atoms with van der Waals surface area (Å²) in [5.41, 5.74) is 0.870. The Kier molecular flexibility index (Phi) is 5.80. The highest BCUT2D eigenvalue weighted by Crippen LogP contribution is 2.21. The molecule has 6 nitrogen and oxygen atoms in total. The van der Waals surface area contributed by atoms with Crippen molar-refractivity contribution in [1.82, 2.24) is 9.03 Å². The van der Waals surface area contributed by atoms with E-state index in [0.717, 1.165) is 11.3 Å². The average molecular weight is 328 g/mol. The molecule has 1 heterocycles. The van der Waals surface area contributed by atoms with Crippen molar-refractivity contribution in [2.24, 2.45) is 0 Å². The predicted molar refractivity (Wildman–Crippen MR) is 85.1 cm³/mol. The number of morpholine rings is 1. The van der Waals surface area contributed by atoms with Crippen molar-refractivity contribution in [3.8, 4) is 5.75 Å². The lowest BCUT2D eigenvalue weighted by Crippen LogP contribution is -2.47. The summed E-state index contributed by atoms with van der Waals surface area (Å²) in [5.74, 6) is 0.741. The lowest BCUT2D eigenvalue weighted by atomic mass is 10.1. The number of hydrogen-bond acceptors (Lipinski definition) is 4. The Morgan fingerprint density at radius 3 is 2.55 bits per heavy atom. The highest BCUT2D eigenvalue weighted by atomic mass is 32.2. The first-order valence-electron chi connectivity index (χ1n) is 7.50. The molecule has 0 radical (unpaired) electrons. The van der Waals surface area contributed by atoms with Gasteiger partial charge >= 0.3 is 0 Å². The van der Waals surface area contributed by atoms with Gasteiger partial charge in [-0.2, -0.15) is 17.4 Å². The summed E-state index contributed by atoms with van der Waals surface area (Å²) >= 11 is 0. The number of benzene rings is 1. The van der Waals surface area contributed by atoms with Crippen LogP contribution in [0.25, 0.3) is 0 Å². The summed E-state index contributed by atoms with van der Waals surface area (Å²) in [6.45, 7) is 7.39. The number of rotatable bonds is 6. The second-order valence-corrected chi connectivity index (χ2v) is 7.30. The van der Waals surface area contributed by atoms with Crippen LogP contribution in [-0.4, -0.2) is 45.1 Å². The van der Waals surface area contributed by atoms with Gasteiger partial charge in [0.15, 0.2) is 0 Å². The van der Waals surface area contributed by atoms with E-state index in [1.807, 2.05) is 45.0 Å². The van der Waals surface area contributed by atoms with Crippen LogP contribution in [0.1, 0.15) is 32.4 Å². The molecular weight excluding hydrogens is 304 g/mol. The third-order valence-corrected chi connectivity index (χ3v) is 5.06. The minimum Gasteiger partial charge on any atom is -0.491 e. The molecule has 0 bridgehead atoms. The molecule has 1 aromatic rings. The zero-order valence-corrected chi connectivity index (χ0v) is 14.1. The van der Waals surface area contributed by atoms with Crippen molar-refractivity contribution in [1.29, 1.82) is 0 Å². The first-order chi connectivity index (χ1) is 10.4. The van der Waals surface area contributed by atoms with Crippen LogP contribution < -0.4 is 9.46 Å². The van der Waals surface area contributed by atoms with Crippen molar-refractivity contribution < 1.29 is 17.9 Å². The normalized spacial score (nSPS) is 18.4. The number of ether oxygens (including phenoxy) is 2. The Morgan fingerprint density at radius 1 is 1.23 bits per heavy atom. The molecule has 1 aromatic carbocycles. The van der Waals surface area contributed by atoms with Crippen LogP contribution in [0.5, 0.6) is 5.75 Å². The largest absolute Gasteiger partial charge is 0.491 e. The van der Waals surface area contributed by atoms with Crippen LogP contribution in [-0.2, 0) is 14.9 Å². The molecule has 22 heavy (non-hydrogen) atoms. The second kappa shape index (κ2) is 7.41. The molecule has 0 spiro atoms. The van der Waals surface area contributed by atoms with E-state index in [1.54, 1.807) is 0 Å². The van der Waals surface area contributed by atoms with Gasteiger partial charge in [-0.3, -0.25) is 0 Å². The van der Waals surface area contributed by atoms with Gasteiger partial charge in [-0.05, 0) is 38.5 Å². The number of nitrogens with zero attached hydrogens (tertiary/aromatic N) is 1. The lowest BCUT2D eigenvalue weighted by Gasteiger charge is -2.27. The standard InChI is InChI=1S/C15H24N2O4S/c1-12(2)21-15-6-4-5-14(11-15)13(3)16-22(18,19)17-7-9-20-10-8-17/h4-6,11-13,16H,7-10H2,1-3H3/t13-/m1/s1. The van der Waals surface area contributed by atoms with Crippen LogP contribution in [0.3, 0.4) is 0 Å². The molecule has 2 rings (SSSR count). The molecule has 124 valence electrons. The summed E-state index contributed by atoms with van der Waals surface area (Å²) in [7, 11) is -3.50. The summed E-state index contributed by atoms with van der Waals surface area (Å²) in [4.78, 5) is 0. The third-order valence-electron chi connectivity index (χ3n) is 3.37. The monoisotopic (exact) mass is 328 g/mol. The van der Waals surface area contributed by atoms with Gasteiger partial charge in [0.2, 0.25) is 0 Å². The number of nitrogens with one attached hydrogen (secondary N) is 1. The van der Waals surface area contributed by atoms with E-state index in [1.165, 1.54) is 4.31 Å². The molecule has 1 saturated heterocycles. The molecule has 1 atom stereocenters. The summed E-state index contributed by atoms with van der Waals surface area (Å²) in [5, 5.41) is 0. The van der Waals surface area contributed by atoms with Crippen molar-refractivity contribution in [2.45, 2.75) is 32.9 Å². The summed E-state index contributed by atoms with van der Waals surface area (Å²) in [6, 6.07) is 7.16. The van der Waals surface area contributed by atoms with Crippen LogP contribution in [0.15, 0.2) is 24.3 Å². The van der Waals surface area contributed by atoms with Gasteiger partial charge in [-0.25, -0.2) is 0 Å². The molecule has 1 fully saturated rings. The molecule has 1 aliphatic heterocycles. The maximum atomic E-state index is 12.4. The predicted octanol–water partition coefficient (Wildman–Crippen LogP) is 1.70. The van der Waals surface area contributed by atoms with Crippen LogP contribution in [0, 0.1) is 0 Å². The second-order valence-electron chi connectivity index (χ2n) is 5.60. The van der Waals surface area contributed by atoms with Gasteiger partial charge in [0, 0.05) is 19.1 Å². The minimum absolute atomic E-state index is 0.0793. The maximum absolute atomic E-state index is 12.4. The van der Waals surface area contributed by atoms with E-state index in [0.29, 0.717) is 26.3 Å². The average Bonchev–Trinajstić information content (AvgIpc) is 2.47. The van der Waals surface area contributed by atoms with E-state index in [9.17, 15) is 8.42 Å². The summed E-state index contributed by atoms with van der Waals surface area (Å²) in [6.07, 6.45) is 0.0793. The Morgan fingerprint density at radius 2 is 1.91 bits per heavy atom. The van der Waals surface area contributed by atoms with Crippen LogP contribution >= 0.6 is 0 Å². The lowest BCUT2D eigenvalue weighted by molar-refractivity contribution is 0.0723. The highest BCUT2D eigenvalue weighted by molar-refractivity contribution is 7.87. The molecule has 0 saturated carbocycles. The number of hydrogen-bond donors (Lipinski definition) is 1. The van der Waals surface area contributed by atoms with Gasteiger partial charge in [-0.1, -0.05) is 12.1 Å². The SMILES string of the molecule is CC(C)Oc1cccc([C@@H](C)NS(=O)(=O)N2CCOCC2)c1. The Balaban J connectivity index is 2.06. The van der Waals surface area contributed by atoms with Gasteiger partial charge in [0.05, 0.1) is 19.3 Å². The molecule has 0 aromatic heterocycles. The van der Waals surface area contributed by atoms with E-state index in [4.69, 9.17) is 9.47 Å². The molecule has 0 unspecified atom stereocenters. The maximum Gasteiger partial charge on any atom is 0.280 e. The van der Waals surface area contributed by atoms with Crippen LogP contribution in [0.2, 0.25) is 0 Å². The van der Waals surface area contributed by atoms with E-state index in [-0.39, 0.29) is 12.1 Å². The smallest absolute Gasteiger partial charge is 0.280 e. The minimum atomic E-state index is -3.50. The zero-order valence-electron chi connectivity index (χ0n) is 13.3. The van der Waals surface area contributed by atoms with E-state index < -0.39 is 10.2 Å². The highest BCUT2D eigenvalue weighted by Gasteiger charge is 2.26. The zero-order chi connectivity index (χ0) is 16.2. The van der Waals surface area contributed by atoms with Crippen molar-refractivity contribution in [2.75, 3.05) is 26.3 Å². The quantitative estimate of drug-likeness (QED) is 0.863. The fraction of sp³-hybridized carbons (Fsp3) is 0.600. The van der Waals surface area contributed by atoms with Gasteiger partial charge in [0.1, 0.15) is 5.75 Å². The van der Waals surface area contributed by atoms with Crippen molar-refractivity contribution in [3.63, 3.8) is 0 Å². The van der Waals surface area contributed by atoms with E-state index in [2.05, 4.69) is 4.72 Å². The van der Waals surface area contributed by atoms with Gasteiger partial charge in [-0.15, -0.1) is 0 Å². The third kappa shape index (κ3) is 4.67. The van der Waals surface area contributed by atoms with Gasteiger partial charge < -0.3 is 9.47 Å². The summed E-state index contributed by atoms with van der Waals surface area (Å²) < 4.78 is 39.7. The molecule has 0 aliphatic carbocycles. The molecule has 1 aliphatic rings. The van der Waals surface area contributed by atoms with Crippen LogP contribution in [0.4, 0.5) is 0 Å². The van der Waals surface area contributed by atoms with E-state index >= 15 is 0 Å². The van der Waals surface area contributed by atoms with Crippen molar-refractivity contribution in [3.05, 3.63) is 29.8 Å². The first-order valence-corrected chi connectivity index (χ1v) is 8.94. The molecular formula is C15H24N2O4S. The fourth-order valence-corrected chi connectivity index (χ4v) is 3.64. The fourth-order valence-electron chi connectivity index (χ4n) is 2.28.